The highest BCUT2D eigenvalue weighted by molar-refractivity contribution is 7.79. The van der Waals surface area contributed by atoms with Gasteiger partial charge in [-0.15, -0.1) is 0 Å². The highest BCUT2D eigenvalue weighted by Crippen LogP contribution is 2.13. The number of carbonyl (C=O) groups is 1. The smallest absolute Gasteiger partial charge is 0.394 e. The van der Waals surface area contributed by atoms with Crippen molar-refractivity contribution in [2.24, 2.45) is 0 Å². The Morgan fingerprint density at radius 2 is 0.926 bits per heavy atom. The lowest BCUT2D eigenvalue weighted by molar-refractivity contribution is -0.146. The van der Waals surface area contributed by atoms with E-state index in [9.17, 15) is 4.79 Å². The molecule has 0 bridgehead atoms. The number of rotatable bonds is 17. The molecule has 0 aliphatic rings. The SMILES string of the molecule is O=C(O)C(O)CCCCCCCCCCCCCCCCO.O=S(=O)(O)O. The molecule has 0 saturated heterocycles. The summed E-state index contributed by atoms with van der Waals surface area (Å²) in [5.74, 6) is -1.10. The van der Waals surface area contributed by atoms with Crippen LogP contribution in [0.2, 0.25) is 0 Å². The zero-order valence-electron chi connectivity index (χ0n) is 16.3. The first-order valence-corrected chi connectivity index (χ1v) is 11.3. The number of carboxylic acids is 1. The Kier molecular flexibility index (Phi) is 21.1. The van der Waals surface area contributed by atoms with Crippen LogP contribution in [0.25, 0.3) is 0 Å². The minimum atomic E-state index is -4.67. The third-order valence-corrected chi connectivity index (χ3v) is 4.17. The minimum absolute atomic E-state index is 0.333. The summed E-state index contributed by atoms with van der Waals surface area (Å²) in [6, 6.07) is 0. The largest absolute Gasteiger partial charge is 0.479 e. The number of carboxylic acid groups (broad SMARTS) is 1. The fourth-order valence-electron chi connectivity index (χ4n) is 2.69. The molecule has 1 unspecified atom stereocenters. The molecule has 164 valence electrons. The van der Waals surface area contributed by atoms with Gasteiger partial charge in [-0.3, -0.25) is 9.11 Å². The van der Waals surface area contributed by atoms with Crippen molar-refractivity contribution in [1.29, 1.82) is 0 Å². The second-order valence-electron chi connectivity index (χ2n) is 6.76. The number of aliphatic carboxylic acids is 1. The van der Waals surface area contributed by atoms with Gasteiger partial charge in [-0.2, -0.15) is 8.42 Å². The number of aliphatic hydroxyl groups is 2. The quantitative estimate of drug-likeness (QED) is 0.179. The minimum Gasteiger partial charge on any atom is -0.479 e. The summed E-state index contributed by atoms with van der Waals surface area (Å²) in [4.78, 5) is 10.4. The van der Waals surface area contributed by atoms with Crippen LogP contribution in [0.15, 0.2) is 0 Å². The monoisotopic (exact) mass is 414 g/mol. The fourth-order valence-corrected chi connectivity index (χ4v) is 2.69. The first kappa shape index (κ1) is 28.5. The Hall–Kier alpha value is -0.740. The van der Waals surface area contributed by atoms with Crippen molar-refractivity contribution in [3.63, 3.8) is 0 Å². The third-order valence-electron chi connectivity index (χ3n) is 4.17. The Bertz CT molecular complexity index is 417. The molecule has 9 heteroatoms. The van der Waals surface area contributed by atoms with Crippen LogP contribution in [0.5, 0.6) is 0 Å². The Morgan fingerprint density at radius 1 is 0.667 bits per heavy atom. The summed E-state index contributed by atoms with van der Waals surface area (Å²) in [7, 11) is -4.67. The maximum atomic E-state index is 10.4. The standard InChI is InChI=1S/C18H36O4.H2O4S/c19-16-14-12-10-8-6-4-2-1-3-5-7-9-11-13-15-17(20)18(21)22;1-5(2,3)4/h17,19-20H,1-16H2,(H,21,22);(H2,1,2,3,4). The van der Waals surface area contributed by atoms with Crippen LogP contribution in [0.4, 0.5) is 0 Å². The van der Waals surface area contributed by atoms with Gasteiger partial charge in [-0.25, -0.2) is 4.79 Å². The molecular weight excluding hydrogens is 376 g/mol. The van der Waals surface area contributed by atoms with E-state index in [4.69, 9.17) is 32.8 Å². The molecule has 0 aliphatic heterocycles. The second kappa shape index (κ2) is 20.0. The van der Waals surface area contributed by atoms with Gasteiger partial charge in [0.05, 0.1) is 0 Å². The predicted molar refractivity (Wildman–Crippen MR) is 104 cm³/mol. The maximum absolute atomic E-state index is 10.4. The van der Waals surface area contributed by atoms with Crippen LogP contribution < -0.4 is 0 Å². The zero-order chi connectivity index (χ0) is 21.0. The van der Waals surface area contributed by atoms with Crippen molar-refractivity contribution in [2.45, 2.75) is 102 Å². The molecule has 0 amide bonds. The van der Waals surface area contributed by atoms with Gasteiger partial charge >= 0.3 is 16.4 Å². The molecular formula is C18H38O8S. The van der Waals surface area contributed by atoms with Crippen LogP contribution >= 0.6 is 0 Å². The molecule has 0 heterocycles. The number of aliphatic hydroxyl groups excluding tert-OH is 2. The molecule has 0 rings (SSSR count). The van der Waals surface area contributed by atoms with Crippen LogP contribution in [-0.2, 0) is 15.2 Å². The van der Waals surface area contributed by atoms with E-state index in [1.54, 1.807) is 0 Å². The molecule has 0 aliphatic carbocycles. The van der Waals surface area contributed by atoms with Gasteiger partial charge in [0.2, 0.25) is 0 Å². The van der Waals surface area contributed by atoms with E-state index in [0.29, 0.717) is 13.0 Å². The van der Waals surface area contributed by atoms with Gasteiger partial charge in [0.15, 0.2) is 6.10 Å². The van der Waals surface area contributed by atoms with Crippen molar-refractivity contribution < 1.29 is 37.6 Å². The lowest BCUT2D eigenvalue weighted by Gasteiger charge is -2.05. The van der Waals surface area contributed by atoms with Gasteiger partial charge in [0.25, 0.3) is 0 Å². The molecule has 0 aromatic carbocycles. The van der Waals surface area contributed by atoms with Gasteiger partial charge in [-0.1, -0.05) is 83.5 Å². The number of hydrogen-bond donors (Lipinski definition) is 5. The molecule has 0 aromatic rings. The summed E-state index contributed by atoms with van der Waals surface area (Å²) in [5.41, 5.74) is 0. The molecule has 0 fully saturated rings. The lowest BCUT2D eigenvalue weighted by Crippen LogP contribution is -2.18. The van der Waals surface area contributed by atoms with Crippen molar-refractivity contribution in [3.05, 3.63) is 0 Å². The maximum Gasteiger partial charge on any atom is 0.394 e. The van der Waals surface area contributed by atoms with Gasteiger partial charge in [-0.05, 0) is 12.8 Å². The predicted octanol–water partition coefficient (Wildman–Crippen LogP) is 3.62. The number of unbranched alkanes of at least 4 members (excludes halogenated alkanes) is 13. The molecule has 0 spiro atoms. The van der Waals surface area contributed by atoms with Crippen LogP contribution in [0.3, 0.4) is 0 Å². The summed E-state index contributed by atoms with van der Waals surface area (Å²) in [5, 5.41) is 26.3. The van der Waals surface area contributed by atoms with E-state index in [2.05, 4.69) is 0 Å². The van der Waals surface area contributed by atoms with Gasteiger partial charge in [0.1, 0.15) is 0 Å². The third kappa shape index (κ3) is 33.3. The molecule has 27 heavy (non-hydrogen) atoms. The van der Waals surface area contributed by atoms with E-state index in [1.165, 1.54) is 64.2 Å². The summed E-state index contributed by atoms with van der Waals surface area (Å²) in [6.07, 6.45) is 16.0. The summed E-state index contributed by atoms with van der Waals surface area (Å²) >= 11 is 0. The number of hydrogen-bond acceptors (Lipinski definition) is 5. The van der Waals surface area contributed by atoms with Crippen molar-refractivity contribution in [1.82, 2.24) is 0 Å². The highest BCUT2D eigenvalue weighted by atomic mass is 32.3. The van der Waals surface area contributed by atoms with E-state index < -0.39 is 22.5 Å². The zero-order valence-corrected chi connectivity index (χ0v) is 17.1. The van der Waals surface area contributed by atoms with Crippen LogP contribution in [0.1, 0.15) is 96.3 Å². The summed E-state index contributed by atoms with van der Waals surface area (Å²) in [6.45, 7) is 0.333. The van der Waals surface area contributed by atoms with Gasteiger partial charge < -0.3 is 15.3 Å². The average molecular weight is 415 g/mol. The first-order chi connectivity index (χ1) is 12.7. The molecule has 0 aromatic heterocycles. The van der Waals surface area contributed by atoms with Crippen LogP contribution in [0, 0.1) is 0 Å². The molecule has 0 radical (unpaired) electrons. The fraction of sp³-hybridized carbons (Fsp3) is 0.944. The topological polar surface area (TPSA) is 152 Å². The van der Waals surface area contributed by atoms with Crippen molar-refractivity contribution in [2.75, 3.05) is 6.61 Å². The lowest BCUT2D eigenvalue weighted by atomic mass is 10.0. The first-order valence-electron chi connectivity index (χ1n) is 9.90. The Labute approximate surface area is 163 Å². The molecule has 0 saturated carbocycles. The average Bonchev–Trinajstić information content (AvgIpc) is 2.56. The van der Waals surface area contributed by atoms with Crippen LogP contribution in [-0.4, -0.2) is 51.5 Å². The summed E-state index contributed by atoms with van der Waals surface area (Å²) < 4.78 is 31.6. The molecule has 1 atom stereocenters. The Balaban J connectivity index is 0. The normalized spacial score (nSPS) is 12.3. The van der Waals surface area contributed by atoms with Gasteiger partial charge in [0, 0.05) is 6.61 Å². The van der Waals surface area contributed by atoms with E-state index in [-0.39, 0.29) is 0 Å². The molecule has 8 nitrogen and oxygen atoms in total. The van der Waals surface area contributed by atoms with E-state index in [1.807, 2.05) is 0 Å². The van der Waals surface area contributed by atoms with Crippen molar-refractivity contribution >= 4 is 16.4 Å². The van der Waals surface area contributed by atoms with Crippen molar-refractivity contribution in [3.8, 4) is 0 Å². The second-order valence-corrected chi connectivity index (χ2v) is 7.66. The highest BCUT2D eigenvalue weighted by Gasteiger charge is 2.11. The molecule has 5 N–H and O–H groups in total. The van der Waals surface area contributed by atoms with E-state index in [0.717, 1.165) is 25.7 Å². The Morgan fingerprint density at radius 3 is 1.19 bits per heavy atom. The van der Waals surface area contributed by atoms with E-state index >= 15 is 0 Å².